The summed E-state index contributed by atoms with van der Waals surface area (Å²) in [7, 11) is 1.60. The minimum absolute atomic E-state index is 0.0783. The van der Waals surface area contributed by atoms with E-state index in [1.165, 1.54) is 0 Å². The Bertz CT molecular complexity index is 1190. The van der Waals surface area contributed by atoms with Gasteiger partial charge in [-0.15, -0.1) is 0 Å². The molecule has 0 aliphatic heterocycles. The number of nitrogens with one attached hydrogen (secondary N) is 1. The fraction of sp³-hybridized carbons (Fsp3) is 0.310. The molecule has 0 bridgehead atoms. The summed E-state index contributed by atoms with van der Waals surface area (Å²) in [6.07, 6.45) is 0.453. The maximum Gasteiger partial charge on any atom is 0.243 e. The smallest absolute Gasteiger partial charge is 0.243 e. The van der Waals surface area contributed by atoms with Gasteiger partial charge in [-0.05, 0) is 61.7 Å². The minimum atomic E-state index is -0.729. The number of benzene rings is 3. The van der Waals surface area contributed by atoms with Gasteiger partial charge in [-0.25, -0.2) is 0 Å². The van der Waals surface area contributed by atoms with Crippen molar-refractivity contribution in [1.82, 2.24) is 10.2 Å². The van der Waals surface area contributed by atoms with E-state index in [9.17, 15) is 9.59 Å². The third kappa shape index (κ3) is 8.00. The molecule has 0 radical (unpaired) electrons. The predicted octanol–water partition coefficient (Wildman–Crippen LogP) is 6.10. The molecule has 1 atom stereocenters. The summed E-state index contributed by atoms with van der Waals surface area (Å²) in [6, 6.07) is 21.6. The van der Waals surface area contributed by atoms with Crippen molar-refractivity contribution < 1.29 is 14.3 Å². The Hall–Kier alpha value is -3.02. The zero-order valence-corrected chi connectivity index (χ0v) is 22.6. The van der Waals surface area contributed by atoms with E-state index in [0.29, 0.717) is 22.2 Å². The van der Waals surface area contributed by atoms with Crippen LogP contribution in [0.4, 0.5) is 0 Å². The van der Waals surface area contributed by atoms with Gasteiger partial charge in [0.1, 0.15) is 11.8 Å². The molecule has 0 saturated heterocycles. The summed E-state index contributed by atoms with van der Waals surface area (Å²) in [6.45, 7) is 6.02. The van der Waals surface area contributed by atoms with Gasteiger partial charge in [0.15, 0.2) is 0 Å². The SMILES string of the molecule is COc1cccc(CN(C(=O)Cc2ccc(Cl)c(Cl)c2)[C@H](Cc2ccccc2)C(=O)NC(C)(C)C)c1. The van der Waals surface area contributed by atoms with Crippen LogP contribution in [0.2, 0.25) is 10.0 Å². The summed E-state index contributed by atoms with van der Waals surface area (Å²) in [5.41, 5.74) is 2.09. The van der Waals surface area contributed by atoms with Gasteiger partial charge in [0, 0.05) is 18.5 Å². The second kappa shape index (κ2) is 12.3. The molecule has 0 heterocycles. The number of amides is 2. The third-order valence-corrected chi connectivity index (χ3v) is 6.33. The highest BCUT2D eigenvalue weighted by Crippen LogP contribution is 2.24. The zero-order valence-electron chi connectivity index (χ0n) is 21.1. The summed E-state index contributed by atoms with van der Waals surface area (Å²) in [5, 5.41) is 3.87. The van der Waals surface area contributed by atoms with Gasteiger partial charge >= 0.3 is 0 Å². The number of hydrogen-bond acceptors (Lipinski definition) is 3. The highest BCUT2D eigenvalue weighted by Gasteiger charge is 2.32. The van der Waals surface area contributed by atoms with Gasteiger partial charge < -0.3 is 15.0 Å². The van der Waals surface area contributed by atoms with Gasteiger partial charge in [-0.3, -0.25) is 9.59 Å². The fourth-order valence-electron chi connectivity index (χ4n) is 3.90. The van der Waals surface area contributed by atoms with E-state index in [2.05, 4.69) is 5.32 Å². The molecular weight excluding hydrogens is 495 g/mol. The number of carbonyl (C=O) groups is 2. The van der Waals surface area contributed by atoms with Gasteiger partial charge in [0.05, 0.1) is 23.6 Å². The van der Waals surface area contributed by atoms with Crippen LogP contribution >= 0.6 is 23.2 Å². The number of rotatable bonds is 9. The van der Waals surface area contributed by atoms with Crippen LogP contribution in [0.15, 0.2) is 72.8 Å². The second-order valence-corrected chi connectivity index (χ2v) is 10.6. The monoisotopic (exact) mass is 526 g/mol. The predicted molar refractivity (Wildman–Crippen MR) is 146 cm³/mol. The Morgan fingerprint density at radius 2 is 1.58 bits per heavy atom. The first-order valence-corrected chi connectivity index (χ1v) is 12.5. The van der Waals surface area contributed by atoms with Crippen LogP contribution in [-0.2, 0) is 29.0 Å². The van der Waals surface area contributed by atoms with Crippen LogP contribution in [0.5, 0.6) is 5.75 Å². The Labute approximate surface area is 223 Å². The van der Waals surface area contributed by atoms with Crippen molar-refractivity contribution in [3.05, 3.63) is 99.5 Å². The fourth-order valence-corrected chi connectivity index (χ4v) is 4.22. The number of ether oxygens (including phenoxy) is 1. The van der Waals surface area contributed by atoms with Crippen LogP contribution < -0.4 is 10.1 Å². The first-order valence-electron chi connectivity index (χ1n) is 11.8. The lowest BCUT2D eigenvalue weighted by Gasteiger charge is -2.34. The van der Waals surface area contributed by atoms with Gasteiger partial charge in [0.25, 0.3) is 0 Å². The molecule has 3 rings (SSSR count). The van der Waals surface area contributed by atoms with E-state index in [4.69, 9.17) is 27.9 Å². The number of nitrogens with zero attached hydrogens (tertiary/aromatic N) is 1. The van der Waals surface area contributed by atoms with Crippen molar-refractivity contribution in [2.24, 2.45) is 0 Å². The molecule has 3 aromatic carbocycles. The van der Waals surface area contributed by atoms with E-state index >= 15 is 0 Å². The minimum Gasteiger partial charge on any atom is -0.497 e. The quantitative estimate of drug-likeness (QED) is 0.366. The standard InChI is InChI=1S/C29H32Cl2N2O3/c1-29(2,3)32-28(35)26(17-20-9-6-5-7-10-20)33(19-22-11-8-12-23(15-22)36-4)27(34)18-21-13-14-24(30)25(31)16-21/h5-16,26H,17-19H2,1-4H3,(H,32,35)/t26-/m1/s1. The van der Waals surface area contributed by atoms with Crippen molar-refractivity contribution in [1.29, 1.82) is 0 Å². The first-order chi connectivity index (χ1) is 17.1. The molecule has 3 aromatic rings. The molecule has 0 unspecified atom stereocenters. The number of hydrogen-bond donors (Lipinski definition) is 1. The van der Waals surface area contributed by atoms with E-state index in [-0.39, 0.29) is 24.8 Å². The molecule has 5 nitrogen and oxygen atoms in total. The molecule has 2 amide bonds. The largest absolute Gasteiger partial charge is 0.497 e. The summed E-state index contributed by atoms with van der Waals surface area (Å²) >= 11 is 12.3. The number of methoxy groups -OCH3 is 1. The Balaban J connectivity index is 2.01. The Morgan fingerprint density at radius 1 is 0.889 bits per heavy atom. The van der Waals surface area contributed by atoms with E-state index in [0.717, 1.165) is 16.7 Å². The Morgan fingerprint density at radius 3 is 2.22 bits per heavy atom. The van der Waals surface area contributed by atoms with Crippen molar-refractivity contribution in [3.8, 4) is 5.75 Å². The third-order valence-electron chi connectivity index (χ3n) is 5.60. The van der Waals surface area contributed by atoms with Crippen LogP contribution in [0.3, 0.4) is 0 Å². The second-order valence-electron chi connectivity index (χ2n) is 9.74. The molecule has 0 fully saturated rings. The summed E-state index contributed by atoms with van der Waals surface area (Å²) in [4.78, 5) is 29.1. The van der Waals surface area contributed by atoms with Crippen molar-refractivity contribution >= 4 is 35.0 Å². The van der Waals surface area contributed by atoms with Gasteiger partial charge in [-0.1, -0.05) is 71.7 Å². The van der Waals surface area contributed by atoms with E-state index in [1.54, 1.807) is 30.2 Å². The molecule has 36 heavy (non-hydrogen) atoms. The van der Waals surface area contributed by atoms with Crippen LogP contribution in [0.1, 0.15) is 37.5 Å². The molecule has 0 saturated carbocycles. The molecule has 1 N–H and O–H groups in total. The topological polar surface area (TPSA) is 58.6 Å². The maximum atomic E-state index is 13.8. The molecular formula is C29H32Cl2N2O3. The summed E-state index contributed by atoms with van der Waals surface area (Å²) < 4.78 is 5.38. The first kappa shape index (κ1) is 27.6. The highest BCUT2D eigenvalue weighted by molar-refractivity contribution is 6.42. The van der Waals surface area contributed by atoms with Gasteiger partial charge in [-0.2, -0.15) is 0 Å². The van der Waals surface area contributed by atoms with Crippen LogP contribution in [0, 0.1) is 0 Å². The van der Waals surface area contributed by atoms with E-state index < -0.39 is 11.6 Å². The lowest BCUT2D eigenvalue weighted by Crippen LogP contribution is -2.54. The van der Waals surface area contributed by atoms with Gasteiger partial charge in [0.2, 0.25) is 11.8 Å². The number of carbonyl (C=O) groups excluding carboxylic acids is 2. The average Bonchev–Trinajstić information content (AvgIpc) is 2.83. The average molecular weight is 527 g/mol. The van der Waals surface area contributed by atoms with Crippen molar-refractivity contribution in [2.75, 3.05) is 7.11 Å². The van der Waals surface area contributed by atoms with Crippen LogP contribution in [0.25, 0.3) is 0 Å². The number of halogens is 2. The van der Waals surface area contributed by atoms with E-state index in [1.807, 2.05) is 75.4 Å². The lowest BCUT2D eigenvalue weighted by molar-refractivity contribution is -0.141. The molecule has 0 aromatic heterocycles. The molecule has 0 spiro atoms. The van der Waals surface area contributed by atoms with Crippen molar-refractivity contribution in [3.63, 3.8) is 0 Å². The highest BCUT2D eigenvalue weighted by atomic mass is 35.5. The molecule has 7 heteroatoms. The maximum absolute atomic E-state index is 13.8. The van der Waals surface area contributed by atoms with Crippen LogP contribution in [-0.4, -0.2) is 35.4 Å². The zero-order chi connectivity index (χ0) is 26.3. The Kier molecular flexibility index (Phi) is 9.41. The molecule has 0 aliphatic rings. The molecule has 190 valence electrons. The summed E-state index contributed by atoms with van der Waals surface area (Å²) in [5.74, 6) is 0.279. The molecule has 0 aliphatic carbocycles. The van der Waals surface area contributed by atoms with Crippen molar-refractivity contribution in [2.45, 2.75) is 51.7 Å². The normalized spacial score (nSPS) is 12.1. The lowest BCUT2D eigenvalue weighted by atomic mass is 9.99.